The molecule has 7 rings (SSSR count). The zero-order valence-electron chi connectivity index (χ0n) is 26.9. The molecule has 1 atom stereocenters. The second kappa shape index (κ2) is 10.8. The smallest absolute Gasteiger partial charge is 0.402 e. The van der Waals surface area contributed by atoms with E-state index in [1.165, 1.54) is 19.2 Å². The number of benzene rings is 4. The van der Waals surface area contributed by atoms with Crippen molar-refractivity contribution in [3.63, 3.8) is 0 Å². The van der Waals surface area contributed by atoms with Crippen molar-refractivity contribution >= 4 is 29.3 Å². The molecule has 0 bridgehead atoms. The molecule has 4 aromatic carbocycles. The Bertz CT molecular complexity index is 2290. The number of amides is 4. The van der Waals surface area contributed by atoms with Crippen molar-refractivity contribution in [3.8, 4) is 22.9 Å². The van der Waals surface area contributed by atoms with E-state index < -0.39 is 35.2 Å². The molecule has 0 fully saturated rings. The van der Waals surface area contributed by atoms with Gasteiger partial charge < -0.3 is 4.42 Å². The van der Waals surface area contributed by atoms with E-state index in [1.807, 2.05) is 32.0 Å². The van der Waals surface area contributed by atoms with Gasteiger partial charge in [0.1, 0.15) is 5.41 Å². The van der Waals surface area contributed by atoms with Crippen LogP contribution in [0, 0.1) is 20.8 Å². The standard InChI is InChI=1S/C37H27F3N4O5/c1-18-6-8-21(14-20(18)3)30-41-42-31(49-30)22-9-7-19(2)29(15-22)44-34(47)26-13-11-24(17-28(26)35(44)48)36(4,37(38,39)40)23-10-12-25-27(16-23)33(46)43(5)32(25)45/h6-17H,1-5H3. The highest BCUT2D eigenvalue weighted by molar-refractivity contribution is 6.34. The predicted molar refractivity (Wildman–Crippen MR) is 172 cm³/mol. The van der Waals surface area contributed by atoms with Crippen LogP contribution in [-0.2, 0) is 5.41 Å². The van der Waals surface area contributed by atoms with Gasteiger partial charge in [-0.3, -0.25) is 24.1 Å². The average molecular weight is 665 g/mol. The highest BCUT2D eigenvalue weighted by atomic mass is 19.4. The molecule has 0 saturated heterocycles. The largest absolute Gasteiger partial charge is 0.416 e. The summed E-state index contributed by atoms with van der Waals surface area (Å²) in [4.78, 5) is 54.3. The number of carbonyl (C=O) groups is 4. The predicted octanol–water partition coefficient (Wildman–Crippen LogP) is 7.22. The van der Waals surface area contributed by atoms with Gasteiger partial charge in [0.05, 0.1) is 27.9 Å². The fourth-order valence-corrected chi connectivity index (χ4v) is 6.25. The summed E-state index contributed by atoms with van der Waals surface area (Å²) < 4.78 is 51.0. The Balaban J connectivity index is 1.26. The molecule has 0 spiro atoms. The summed E-state index contributed by atoms with van der Waals surface area (Å²) in [7, 11) is 1.25. The van der Waals surface area contributed by atoms with E-state index in [0.717, 1.165) is 57.7 Å². The van der Waals surface area contributed by atoms with E-state index in [4.69, 9.17) is 4.42 Å². The molecule has 0 aliphatic carbocycles. The molecule has 1 aromatic heterocycles. The summed E-state index contributed by atoms with van der Waals surface area (Å²) in [5.74, 6) is -2.39. The highest BCUT2D eigenvalue weighted by Gasteiger charge is 2.55. The molecule has 0 saturated carbocycles. The zero-order chi connectivity index (χ0) is 35.2. The van der Waals surface area contributed by atoms with Crippen molar-refractivity contribution in [1.29, 1.82) is 0 Å². The van der Waals surface area contributed by atoms with E-state index in [1.54, 1.807) is 25.1 Å². The number of rotatable bonds is 5. The molecule has 49 heavy (non-hydrogen) atoms. The van der Waals surface area contributed by atoms with Crippen LogP contribution >= 0.6 is 0 Å². The number of fused-ring (bicyclic) bond motifs is 2. The van der Waals surface area contributed by atoms with Gasteiger partial charge >= 0.3 is 6.18 Å². The second-order valence-corrected chi connectivity index (χ2v) is 12.5. The van der Waals surface area contributed by atoms with Crippen LogP contribution in [0.3, 0.4) is 0 Å². The first-order valence-corrected chi connectivity index (χ1v) is 15.2. The van der Waals surface area contributed by atoms with Crippen LogP contribution in [0.15, 0.2) is 77.2 Å². The molecule has 246 valence electrons. The highest BCUT2D eigenvalue weighted by Crippen LogP contribution is 2.48. The first-order chi connectivity index (χ1) is 23.1. The Hall–Kier alpha value is -5.91. The van der Waals surface area contributed by atoms with Crippen molar-refractivity contribution in [2.45, 2.75) is 39.3 Å². The topological polar surface area (TPSA) is 114 Å². The lowest BCUT2D eigenvalue weighted by molar-refractivity contribution is -0.173. The first kappa shape index (κ1) is 31.7. The number of imide groups is 2. The number of nitrogens with zero attached hydrogens (tertiary/aromatic N) is 4. The van der Waals surface area contributed by atoms with Gasteiger partial charge in [-0.15, -0.1) is 10.2 Å². The molecule has 3 heterocycles. The van der Waals surface area contributed by atoms with Crippen molar-refractivity contribution in [1.82, 2.24) is 15.1 Å². The molecule has 9 nitrogen and oxygen atoms in total. The Morgan fingerprint density at radius 3 is 1.65 bits per heavy atom. The van der Waals surface area contributed by atoms with Gasteiger partial charge in [0, 0.05) is 18.2 Å². The van der Waals surface area contributed by atoms with Gasteiger partial charge in [0.25, 0.3) is 23.6 Å². The van der Waals surface area contributed by atoms with Crippen LogP contribution < -0.4 is 4.90 Å². The minimum Gasteiger partial charge on any atom is -0.416 e. The van der Waals surface area contributed by atoms with Crippen molar-refractivity contribution in [3.05, 3.63) is 123 Å². The SMILES string of the molecule is Cc1ccc(-c2nnc(-c3ccc(C)c(N4C(=O)c5ccc(C(C)(c6ccc7c(c6)C(=O)N(C)C7=O)C(F)(F)F)cc5C4=O)c3)o2)cc1C. The molecule has 5 aromatic rings. The average Bonchev–Trinajstić information content (AvgIpc) is 3.72. The molecule has 4 amide bonds. The summed E-state index contributed by atoms with van der Waals surface area (Å²) >= 11 is 0. The molecule has 0 radical (unpaired) electrons. The lowest BCUT2D eigenvalue weighted by Crippen LogP contribution is -2.41. The van der Waals surface area contributed by atoms with Crippen LogP contribution in [0.25, 0.3) is 22.9 Å². The summed E-state index contributed by atoms with van der Waals surface area (Å²) in [5.41, 5.74) is 0.342. The van der Waals surface area contributed by atoms with E-state index in [9.17, 15) is 19.2 Å². The number of aryl methyl sites for hydroxylation is 3. The van der Waals surface area contributed by atoms with Gasteiger partial charge in [-0.05, 0) is 104 Å². The number of carbonyl (C=O) groups excluding carboxylic acids is 4. The van der Waals surface area contributed by atoms with Gasteiger partial charge in [-0.25, -0.2) is 4.90 Å². The third-order valence-corrected chi connectivity index (χ3v) is 9.57. The van der Waals surface area contributed by atoms with E-state index in [-0.39, 0.29) is 50.8 Å². The molecule has 0 N–H and O–H groups in total. The molecule has 1 unspecified atom stereocenters. The molecular weight excluding hydrogens is 637 g/mol. The minimum atomic E-state index is -4.90. The Morgan fingerprint density at radius 1 is 0.592 bits per heavy atom. The summed E-state index contributed by atoms with van der Waals surface area (Å²) in [6, 6.07) is 17.5. The number of hydrogen-bond acceptors (Lipinski definition) is 7. The van der Waals surface area contributed by atoms with Crippen LogP contribution in [0.4, 0.5) is 18.9 Å². The molecule has 2 aliphatic heterocycles. The van der Waals surface area contributed by atoms with Crippen LogP contribution in [0.2, 0.25) is 0 Å². The Labute approximate surface area is 278 Å². The van der Waals surface area contributed by atoms with Crippen molar-refractivity contribution < 1.29 is 36.8 Å². The lowest BCUT2D eigenvalue weighted by atomic mass is 9.74. The summed E-state index contributed by atoms with van der Waals surface area (Å²) in [6.45, 7) is 6.58. The van der Waals surface area contributed by atoms with Crippen LogP contribution in [0.5, 0.6) is 0 Å². The number of anilines is 1. The lowest BCUT2D eigenvalue weighted by Gasteiger charge is -2.33. The summed E-state index contributed by atoms with van der Waals surface area (Å²) in [5, 5.41) is 8.32. The molecule has 12 heteroatoms. The minimum absolute atomic E-state index is 0.00532. The monoisotopic (exact) mass is 664 g/mol. The number of hydrogen-bond donors (Lipinski definition) is 0. The third-order valence-electron chi connectivity index (χ3n) is 9.57. The molecule has 2 aliphatic rings. The maximum absolute atomic E-state index is 15.0. The summed E-state index contributed by atoms with van der Waals surface area (Å²) in [6.07, 6.45) is -4.90. The fourth-order valence-electron chi connectivity index (χ4n) is 6.25. The van der Waals surface area contributed by atoms with E-state index in [0.29, 0.717) is 11.1 Å². The quantitative estimate of drug-likeness (QED) is 0.182. The van der Waals surface area contributed by atoms with Gasteiger partial charge in [0.2, 0.25) is 11.8 Å². The van der Waals surface area contributed by atoms with Gasteiger partial charge in [-0.2, -0.15) is 13.2 Å². The normalized spacial score (nSPS) is 15.6. The van der Waals surface area contributed by atoms with Gasteiger partial charge in [-0.1, -0.05) is 24.3 Å². The maximum Gasteiger partial charge on any atom is 0.402 e. The zero-order valence-corrected chi connectivity index (χ0v) is 26.9. The van der Waals surface area contributed by atoms with Crippen LogP contribution in [0.1, 0.15) is 76.2 Å². The second-order valence-electron chi connectivity index (χ2n) is 12.5. The Morgan fingerprint density at radius 2 is 1.08 bits per heavy atom. The number of halogens is 3. The van der Waals surface area contributed by atoms with Gasteiger partial charge in [0.15, 0.2) is 0 Å². The fraction of sp³-hybridized carbons (Fsp3) is 0.189. The maximum atomic E-state index is 15.0. The van der Waals surface area contributed by atoms with Crippen molar-refractivity contribution in [2.75, 3.05) is 11.9 Å². The molecular formula is C37H27F3N4O5. The third kappa shape index (κ3) is 4.69. The van der Waals surface area contributed by atoms with E-state index >= 15 is 13.2 Å². The Kier molecular flexibility index (Phi) is 6.99. The number of aromatic nitrogens is 2. The first-order valence-electron chi connectivity index (χ1n) is 15.2. The van der Waals surface area contributed by atoms with Crippen molar-refractivity contribution in [2.24, 2.45) is 0 Å². The number of alkyl halides is 3. The van der Waals surface area contributed by atoms with E-state index in [2.05, 4.69) is 10.2 Å². The van der Waals surface area contributed by atoms with Crippen LogP contribution in [-0.4, -0.2) is 51.9 Å².